The summed E-state index contributed by atoms with van der Waals surface area (Å²) in [5, 5.41) is 0. The summed E-state index contributed by atoms with van der Waals surface area (Å²) in [5.74, 6) is 0. The van der Waals surface area contributed by atoms with Crippen molar-refractivity contribution in [1.82, 2.24) is 0 Å². The van der Waals surface area contributed by atoms with Crippen LogP contribution in [-0.4, -0.2) is 0 Å². The summed E-state index contributed by atoms with van der Waals surface area (Å²) < 4.78 is 0. The maximum Gasteiger partial charge on any atom is 0.0462 e. The molecule has 1 heteroatoms. The second-order valence-electron chi connectivity index (χ2n) is 12.3. The summed E-state index contributed by atoms with van der Waals surface area (Å²) in [6.45, 7) is 4.63. The molecule has 6 aromatic carbocycles. The van der Waals surface area contributed by atoms with Gasteiger partial charge in [-0.1, -0.05) is 145 Å². The van der Waals surface area contributed by atoms with E-state index < -0.39 is 0 Å². The van der Waals surface area contributed by atoms with Crippen LogP contribution in [0.4, 0.5) is 17.1 Å². The Morgan fingerprint density at radius 2 is 1.07 bits per heavy atom. The van der Waals surface area contributed by atoms with Gasteiger partial charge in [-0.3, -0.25) is 0 Å². The van der Waals surface area contributed by atoms with Crippen molar-refractivity contribution in [2.24, 2.45) is 0 Å². The minimum absolute atomic E-state index is 0.295. The van der Waals surface area contributed by atoms with Gasteiger partial charge in [-0.05, 0) is 102 Å². The molecule has 1 nitrogen and oxygen atoms in total. The molecule has 0 bridgehead atoms. The lowest BCUT2D eigenvalue weighted by molar-refractivity contribution is 0.635. The molecule has 0 radical (unpaired) electrons. The fraction of sp³-hybridized carbons (Fsp3) is 0.111. The molecule has 1 aliphatic carbocycles. The van der Waals surface area contributed by atoms with Crippen LogP contribution in [0, 0.1) is 6.92 Å². The van der Waals surface area contributed by atoms with E-state index in [9.17, 15) is 0 Å². The van der Waals surface area contributed by atoms with Crippen molar-refractivity contribution in [2.75, 3.05) is 4.90 Å². The van der Waals surface area contributed by atoms with Crippen molar-refractivity contribution in [2.45, 2.75) is 32.1 Å². The van der Waals surface area contributed by atoms with Gasteiger partial charge in [0, 0.05) is 22.5 Å². The highest BCUT2D eigenvalue weighted by molar-refractivity contribution is 5.79. The van der Waals surface area contributed by atoms with Gasteiger partial charge in [-0.15, -0.1) is 0 Å². The van der Waals surface area contributed by atoms with Gasteiger partial charge in [0.15, 0.2) is 0 Å². The van der Waals surface area contributed by atoms with E-state index in [0.29, 0.717) is 0 Å². The molecule has 224 valence electrons. The molecular weight excluding hydrogens is 555 g/mol. The number of rotatable bonds is 8. The number of allylic oxidation sites excluding steroid dienone is 4. The highest BCUT2D eigenvalue weighted by Gasteiger charge is 2.35. The predicted molar refractivity (Wildman–Crippen MR) is 196 cm³/mol. The molecule has 0 aromatic heterocycles. The minimum atomic E-state index is -0.295. The molecule has 1 atom stereocenters. The van der Waals surface area contributed by atoms with E-state index in [1.54, 1.807) is 0 Å². The van der Waals surface area contributed by atoms with Gasteiger partial charge < -0.3 is 4.90 Å². The van der Waals surface area contributed by atoms with Crippen molar-refractivity contribution in [3.8, 4) is 22.3 Å². The number of para-hydroxylation sites is 1. The molecule has 0 heterocycles. The van der Waals surface area contributed by atoms with Crippen molar-refractivity contribution in [3.63, 3.8) is 0 Å². The highest BCUT2D eigenvalue weighted by Crippen LogP contribution is 2.47. The van der Waals surface area contributed by atoms with Crippen LogP contribution >= 0.6 is 0 Å². The molecule has 0 amide bonds. The molecule has 0 spiro atoms. The van der Waals surface area contributed by atoms with Crippen molar-refractivity contribution in [3.05, 3.63) is 198 Å². The number of nitrogens with zero attached hydrogens (tertiary/aromatic N) is 1. The fourth-order valence-corrected chi connectivity index (χ4v) is 6.96. The topological polar surface area (TPSA) is 3.24 Å². The van der Waals surface area contributed by atoms with Gasteiger partial charge in [0.2, 0.25) is 0 Å². The maximum absolute atomic E-state index is 2.42. The monoisotopic (exact) mass is 593 g/mol. The lowest BCUT2D eigenvalue weighted by atomic mass is 9.66. The molecule has 7 rings (SSSR count). The van der Waals surface area contributed by atoms with Crippen LogP contribution < -0.4 is 4.90 Å². The third-order valence-electron chi connectivity index (χ3n) is 9.51. The average Bonchev–Trinajstić information content (AvgIpc) is 3.13. The van der Waals surface area contributed by atoms with Gasteiger partial charge >= 0.3 is 0 Å². The Bertz CT molecular complexity index is 1980. The zero-order chi connectivity index (χ0) is 31.3. The van der Waals surface area contributed by atoms with Crippen molar-refractivity contribution in [1.29, 1.82) is 0 Å². The van der Waals surface area contributed by atoms with Gasteiger partial charge in [-0.2, -0.15) is 0 Å². The van der Waals surface area contributed by atoms with E-state index in [0.717, 1.165) is 29.9 Å². The summed E-state index contributed by atoms with van der Waals surface area (Å²) in [4.78, 5) is 2.35. The second kappa shape index (κ2) is 12.9. The Labute approximate surface area is 273 Å². The quantitative estimate of drug-likeness (QED) is 0.170. The summed E-state index contributed by atoms with van der Waals surface area (Å²) in [6, 6.07) is 57.1. The van der Waals surface area contributed by atoms with Crippen LogP contribution in [-0.2, 0) is 5.41 Å². The summed E-state index contributed by atoms with van der Waals surface area (Å²) in [6.07, 6.45) is 8.96. The maximum atomic E-state index is 2.42. The normalized spacial score (nSPS) is 13.9. The van der Waals surface area contributed by atoms with Crippen molar-refractivity contribution >= 4 is 17.1 Å². The largest absolute Gasteiger partial charge is 0.311 e. The standard InChI is InChI=1S/C45H39N/c1-34-16-12-13-23-42(34)43-24-14-15-25-44(43)45(2,37-19-8-4-9-20-37)38-28-32-41(33-29-38)46(39-21-10-5-11-22-39)40-30-26-36(27-31-40)35-17-6-3-7-18-35/h3-8,10-19,21-33H,9,20H2,1-2H3. The van der Waals surface area contributed by atoms with E-state index in [4.69, 9.17) is 0 Å². The number of hydrogen-bond donors (Lipinski definition) is 0. The van der Waals surface area contributed by atoms with Gasteiger partial charge in [0.25, 0.3) is 0 Å². The molecular formula is C45H39N. The number of benzene rings is 6. The predicted octanol–water partition coefficient (Wildman–Crippen LogP) is 12.4. The Morgan fingerprint density at radius 1 is 0.522 bits per heavy atom. The SMILES string of the molecule is Cc1ccccc1-c1ccccc1C(C)(C1=CC=CCC1)c1ccc(N(c2ccccc2)c2ccc(-c3ccccc3)cc2)cc1. The van der Waals surface area contributed by atoms with E-state index in [1.807, 2.05) is 0 Å². The second-order valence-corrected chi connectivity index (χ2v) is 12.3. The van der Waals surface area contributed by atoms with E-state index in [-0.39, 0.29) is 5.41 Å². The Morgan fingerprint density at radius 3 is 1.72 bits per heavy atom. The van der Waals surface area contributed by atoms with Crippen LogP contribution in [0.5, 0.6) is 0 Å². The van der Waals surface area contributed by atoms with Gasteiger partial charge in [0.1, 0.15) is 0 Å². The molecule has 0 saturated carbocycles. The van der Waals surface area contributed by atoms with E-state index in [1.165, 1.54) is 44.5 Å². The van der Waals surface area contributed by atoms with Crippen LogP contribution in [0.2, 0.25) is 0 Å². The fourth-order valence-electron chi connectivity index (χ4n) is 6.96. The number of anilines is 3. The first-order valence-electron chi connectivity index (χ1n) is 16.3. The molecule has 0 aliphatic heterocycles. The van der Waals surface area contributed by atoms with Crippen LogP contribution in [0.1, 0.15) is 36.5 Å². The first-order chi connectivity index (χ1) is 22.6. The van der Waals surface area contributed by atoms with Crippen molar-refractivity contribution < 1.29 is 0 Å². The summed E-state index contributed by atoms with van der Waals surface area (Å²) >= 11 is 0. The Hall–Kier alpha value is -5.40. The van der Waals surface area contributed by atoms with E-state index >= 15 is 0 Å². The average molecular weight is 594 g/mol. The zero-order valence-corrected chi connectivity index (χ0v) is 26.6. The van der Waals surface area contributed by atoms with Crippen LogP contribution in [0.3, 0.4) is 0 Å². The Kier molecular flexibility index (Phi) is 8.23. The minimum Gasteiger partial charge on any atom is -0.311 e. The molecule has 46 heavy (non-hydrogen) atoms. The Balaban J connectivity index is 1.33. The first-order valence-corrected chi connectivity index (χ1v) is 16.3. The summed E-state index contributed by atoms with van der Waals surface area (Å²) in [5.41, 5.74) is 13.5. The highest BCUT2D eigenvalue weighted by atomic mass is 15.1. The third kappa shape index (κ3) is 5.61. The first kappa shape index (κ1) is 29.3. The van der Waals surface area contributed by atoms with Gasteiger partial charge in [-0.25, -0.2) is 0 Å². The molecule has 6 aromatic rings. The lowest BCUT2D eigenvalue weighted by Crippen LogP contribution is -2.28. The van der Waals surface area contributed by atoms with E-state index in [2.05, 4.69) is 195 Å². The van der Waals surface area contributed by atoms with Crippen LogP contribution in [0.15, 0.2) is 182 Å². The lowest BCUT2D eigenvalue weighted by Gasteiger charge is -2.37. The molecule has 1 aliphatic rings. The molecule has 0 fully saturated rings. The molecule has 1 unspecified atom stereocenters. The molecule has 0 saturated heterocycles. The number of hydrogen-bond acceptors (Lipinski definition) is 1. The molecule has 0 N–H and O–H groups in total. The summed E-state index contributed by atoms with van der Waals surface area (Å²) in [7, 11) is 0. The zero-order valence-electron chi connectivity index (χ0n) is 26.6. The van der Waals surface area contributed by atoms with Gasteiger partial charge in [0.05, 0.1) is 0 Å². The number of aryl methyl sites for hydroxylation is 1. The van der Waals surface area contributed by atoms with Crippen LogP contribution in [0.25, 0.3) is 22.3 Å². The smallest absolute Gasteiger partial charge is 0.0462 e. The third-order valence-corrected chi connectivity index (χ3v) is 9.51.